The van der Waals surface area contributed by atoms with E-state index in [1.807, 2.05) is 35.2 Å². The van der Waals surface area contributed by atoms with Crippen LogP contribution >= 0.6 is 0 Å². The molecule has 0 spiro atoms. The molecule has 1 saturated heterocycles. The van der Waals surface area contributed by atoms with E-state index < -0.39 is 17.8 Å². The van der Waals surface area contributed by atoms with Gasteiger partial charge in [-0.25, -0.2) is 4.79 Å². The predicted molar refractivity (Wildman–Crippen MR) is 150 cm³/mol. The molecule has 2 heterocycles. The number of likely N-dealkylation sites (N-methyl/N-ethyl adjacent to an activating group) is 1. The van der Waals surface area contributed by atoms with Gasteiger partial charge in [0.15, 0.2) is 0 Å². The topological polar surface area (TPSA) is 85.7 Å². The van der Waals surface area contributed by atoms with Crippen molar-refractivity contribution in [2.45, 2.75) is 20.0 Å². The molecule has 2 aromatic carbocycles. The number of urea groups is 1. The fraction of sp³-hybridized carbons (Fsp3) is 0.393. The average molecular weight is 558 g/mol. The van der Waals surface area contributed by atoms with E-state index in [0.717, 1.165) is 31.8 Å². The number of nitrogens with one attached hydrogen (secondary N) is 2. The minimum absolute atomic E-state index is 0.259. The Kier molecular flexibility index (Phi) is 9.30. The van der Waals surface area contributed by atoms with E-state index in [9.17, 15) is 22.8 Å². The van der Waals surface area contributed by atoms with Crippen LogP contribution in [0.15, 0.2) is 65.6 Å². The summed E-state index contributed by atoms with van der Waals surface area (Å²) in [6.45, 7) is 9.02. The molecule has 2 N–H and O–H groups in total. The monoisotopic (exact) mass is 557 g/mol. The maximum absolute atomic E-state index is 13.6. The largest absolute Gasteiger partial charge is 0.416 e. The number of anilines is 3. The second-order valence-corrected chi connectivity index (χ2v) is 9.39. The molecule has 1 aliphatic rings. The molecule has 12 heteroatoms. The van der Waals surface area contributed by atoms with Crippen LogP contribution in [0.4, 0.5) is 35.0 Å². The molecule has 214 valence electrons. The van der Waals surface area contributed by atoms with E-state index >= 15 is 0 Å². The number of hydrogen-bond donors (Lipinski definition) is 2. The summed E-state index contributed by atoms with van der Waals surface area (Å²) in [6.07, 6.45) is -2.76. The van der Waals surface area contributed by atoms with Crippen LogP contribution in [0.3, 0.4) is 0 Å². The molecular formula is C28H34F3N7O2. The van der Waals surface area contributed by atoms with E-state index in [-0.39, 0.29) is 11.2 Å². The molecule has 1 aliphatic heterocycles. The Morgan fingerprint density at radius 1 is 0.975 bits per heavy atom. The molecule has 1 aromatic heterocycles. The van der Waals surface area contributed by atoms with Crippen molar-refractivity contribution in [1.29, 1.82) is 0 Å². The van der Waals surface area contributed by atoms with Gasteiger partial charge in [0.05, 0.1) is 23.1 Å². The van der Waals surface area contributed by atoms with E-state index in [4.69, 9.17) is 0 Å². The highest BCUT2D eigenvalue weighted by molar-refractivity contribution is 5.89. The molecule has 1 fully saturated rings. The first-order valence-electron chi connectivity index (χ1n) is 13.3. The van der Waals surface area contributed by atoms with Crippen molar-refractivity contribution in [2.24, 2.45) is 0 Å². The van der Waals surface area contributed by atoms with Gasteiger partial charge < -0.3 is 25.3 Å². The zero-order chi connectivity index (χ0) is 28.7. The van der Waals surface area contributed by atoms with E-state index in [0.29, 0.717) is 49.8 Å². The molecular weight excluding hydrogens is 523 g/mol. The quantitative estimate of drug-likeness (QED) is 0.407. The number of carbonyl (C=O) groups excluding carboxylic acids is 1. The normalized spacial score (nSPS) is 13.9. The van der Waals surface area contributed by atoms with Gasteiger partial charge >= 0.3 is 12.2 Å². The van der Waals surface area contributed by atoms with Gasteiger partial charge in [-0.3, -0.25) is 4.79 Å². The number of amides is 2. The van der Waals surface area contributed by atoms with Gasteiger partial charge in [0.2, 0.25) is 0 Å². The summed E-state index contributed by atoms with van der Waals surface area (Å²) in [5.74, 6) is 0. The summed E-state index contributed by atoms with van der Waals surface area (Å²) in [4.78, 5) is 32.2. The first kappa shape index (κ1) is 28.9. The predicted octanol–water partition coefficient (Wildman–Crippen LogP) is 4.36. The van der Waals surface area contributed by atoms with Gasteiger partial charge in [0, 0.05) is 45.0 Å². The number of rotatable bonds is 9. The number of piperazine rings is 1. The second-order valence-electron chi connectivity index (χ2n) is 9.39. The highest BCUT2D eigenvalue weighted by Gasteiger charge is 2.30. The summed E-state index contributed by atoms with van der Waals surface area (Å²) < 4.78 is 39.8. The van der Waals surface area contributed by atoms with Gasteiger partial charge in [-0.15, -0.1) is 0 Å². The lowest BCUT2D eigenvalue weighted by atomic mass is 10.2. The van der Waals surface area contributed by atoms with Crippen molar-refractivity contribution in [3.8, 4) is 5.69 Å². The van der Waals surface area contributed by atoms with Crippen LogP contribution in [-0.2, 0) is 6.18 Å². The average Bonchev–Trinajstić information content (AvgIpc) is 2.96. The van der Waals surface area contributed by atoms with Gasteiger partial charge in [0.25, 0.3) is 5.56 Å². The number of aromatic nitrogens is 2. The number of carbonyl (C=O) groups is 1. The SMILES string of the molecule is CCN(CC)CCNc1c(N2CCN(C(=O)Nc3ccc(C(F)(F)F)cc3)CC2)cnn(-c2ccccc2)c1=O. The Morgan fingerprint density at radius 3 is 2.23 bits per heavy atom. The Labute approximate surface area is 231 Å². The third-order valence-electron chi connectivity index (χ3n) is 6.95. The number of alkyl halides is 3. The number of para-hydroxylation sites is 1. The number of hydrogen-bond acceptors (Lipinski definition) is 6. The summed E-state index contributed by atoms with van der Waals surface area (Å²) in [7, 11) is 0. The van der Waals surface area contributed by atoms with Gasteiger partial charge in [-0.1, -0.05) is 32.0 Å². The van der Waals surface area contributed by atoms with Crippen molar-refractivity contribution in [3.05, 3.63) is 76.7 Å². The van der Waals surface area contributed by atoms with Gasteiger partial charge in [0.1, 0.15) is 5.69 Å². The fourth-order valence-corrected chi connectivity index (χ4v) is 4.58. The van der Waals surface area contributed by atoms with Crippen molar-refractivity contribution in [2.75, 3.05) is 67.9 Å². The van der Waals surface area contributed by atoms with E-state index in [1.54, 1.807) is 11.1 Å². The fourth-order valence-electron chi connectivity index (χ4n) is 4.58. The molecule has 2 amide bonds. The lowest BCUT2D eigenvalue weighted by Crippen LogP contribution is -2.50. The van der Waals surface area contributed by atoms with Crippen LogP contribution in [0.2, 0.25) is 0 Å². The molecule has 0 radical (unpaired) electrons. The van der Waals surface area contributed by atoms with Crippen LogP contribution in [0.5, 0.6) is 0 Å². The number of nitrogens with zero attached hydrogens (tertiary/aromatic N) is 5. The van der Waals surface area contributed by atoms with Crippen LogP contribution in [-0.4, -0.2) is 78.0 Å². The minimum Gasteiger partial charge on any atom is -0.377 e. The maximum Gasteiger partial charge on any atom is 0.416 e. The Hall–Kier alpha value is -4.06. The molecule has 0 unspecified atom stereocenters. The highest BCUT2D eigenvalue weighted by Crippen LogP contribution is 2.30. The zero-order valence-corrected chi connectivity index (χ0v) is 22.6. The lowest BCUT2D eigenvalue weighted by Gasteiger charge is -2.36. The molecule has 0 atom stereocenters. The summed E-state index contributed by atoms with van der Waals surface area (Å²) in [5.41, 5.74) is 1.03. The summed E-state index contributed by atoms with van der Waals surface area (Å²) in [5, 5.41) is 10.4. The minimum atomic E-state index is -4.44. The summed E-state index contributed by atoms with van der Waals surface area (Å²) >= 11 is 0. The maximum atomic E-state index is 13.6. The smallest absolute Gasteiger partial charge is 0.377 e. The Morgan fingerprint density at radius 2 is 1.62 bits per heavy atom. The first-order valence-corrected chi connectivity index (χ1v) is 13.3. The van der Waals surface area contributed by atoms with Crippen molar-refractivity contribution in [3.63, 3.8) is 0 Å². The molecule has 4 rings (SSSR count). The molecule has 40 heavy (non-hydrogen) atoms. The number of benzene rings is 2. The molecule has 0 aliphatic carbocycles. The van der Waals surface area contributed by atoms with Crippen LogP contribution in [0.25, 0.3) is 5.69 Å². The third kappa shape index (κ3) is 6.92. The number of halogens is 3. The molecule has 0 saturated carbocycles. The third-order valence-corrected chi connectivity index (χ3v) is 6.95. The Bertz CT molecular complexity index is 1320. The van der Waals surface area contributed by atoms with Gasteiger partial charge in [-0.2, -0.15) is 23.0 Å². The molecule has 3 aromatic rings. The molecule has 9 nitrogen and oxygen atoms in total. The van der Waals surface area contributed by atoms with E-state index in [2.05, 4.69) is 34.5 Å². The second kappa shape index (κ2) is 12.9. The van der Waals surface area contributed by atoms with Crippen LogP contribution in [0, 0.1) is 0 Å². The highest BCUT2D eigenvalue weighted by atomic mass is 19.4. The molecule has 0 bridgehead atoms. The van der Waals surface area contributed by atoms with Gasteiger partial charge in [-0.05, 0) is 49.5 Å². The van der Waals surface area contributed by atoms with Crippen molar-refractivity contribution < 1.29 is 18.0 Å². The van der Waals surface area contributed by atoms with Crippen molar-refractivity contribution >= 4 is 23.1 Å². The van der Waals surface area contributed by atoms with E-state index in [1.165, 1.54) is 16.8 Å². The lowest BCUT2D eigenvalue weighted by molar-refractivity contribution is -0.137. The van der Waals surface area contributed by atoms with Crippen LogP contribution in [0.1, 0.15) is 19.4 Å². The van der Waals surface area contributed by atoms with Crippen molar-refractivity contribution in [1.82, 2.24) is 19.6 Å². The van der Waals surface area contributed by atoms with Crippen LogP contribution < -0.4 is 21.1 Å². The zero-order valence-electron chi connectivity index (χ0n) is 22.6. The Balaban J connectivity index is 1.46. The summed E-state index contributed by atoms with van der Waals surface area (Å²) in [6, 6.07) is 13.2. The first-order chi connectivity index (χ1) is 19.2. The standard InChI is InChI=1S/C28H34F3N7O2/c1-3-35(4-2)15-14-32-25-24(20-33-38(26(25)39)23-8-6-5-7-9-23)36-16-18-37(19-17-36)27(40)34-22-12-10-21(11-13-22)28(29,30)31/h5-13,20,32H,3-4,14-19H2,1-2H3,(H,34,40).